The number of rotatable bonds is 9. The quantitative estimate of drug-likeness (QED) is 0.254. The third kappa shape index (κ3) is 9.44. The van der Waals surface area contributed by atoms with Gasteiger partial charge < -0.3 is 10.6 Å². The van der Waals surface area contributed by atoms with Gasteiger partial charge in [-0.3, -0.25) is 0 Å². The number of sulfonamides is 1. The van der Waals surface area contributed by atoms with Crippen LogP contribution in [0.15, 0.2) is 59.6 Å². The van der Waals surface area contributed by atoms with Crippen LogP contribution in [0.3, 0.4) is 0 Å². The third-order valence-electron chi connectivity index (χ3n) is 4.21. The highest BCUT2D eigenvalue weighted by Gasteiger charge is 2.13. The predicted molar refractivity (Wildman–Crippen MR) is 136 cm³/mol. The van der Waals surface area contributed by atoms with E-state index in [0.29, 0.717) is 6.54 Å². The molecular formula is C22H33IN4O2S. The number of benzene rings is 2. The van der Waals surface area contributed by atoms with Crippen molar-refractivity contribution >= 4 is 40.0 Å². The van der Waals surface area contributed by atoms with E-state index in [1.54, 1.807) is 0 Å². The first-order valence-corrected chi connectivity index (χ1v) is 11.6. The van der Waals surface area contributed by atoms with E-state index in [0.717, 1.165) is 23.6 Å². The normalized spacial score (nSPS) is 12.9. The fraction of sp³-hybridized carbons (Fsp3) is 0.409. The average molecular weight is 545 g/mol. The van der Waals surface area contributed by atoms with Crippen LogP contribution in [0.25, 0.3) is 0 Å². The summed E-state index contributed by atoms with van der Waals surface area (Å²) in [6, 6.07) is 17.8. The van der Waals surface area contributed by atoms with E-state index in [1.165, 1.54) is 5.56 Å². The van der Waals surface area contributed by atoms with E-state index >= 15 is 0 Å². The molecule has 2 aromatic rings. The molecule has 6 nitrogen and oxygen atoms in total. The summed E-state index contributed by atoms with van der Waals surface area (Å²) < 4.78 is 26.7. The van der Waals surface area contributed by atoms with E-state index in [9.17, 15) is 8.42 Å². The molecule has 0 aliphatic carbocycles. The van der Waals surface area contributed by atoms with E-state index in [1.807, 2.05) is 63.2 Å². The zero-order chi connectivity index (χ0) is 21.3. The molecule has 8 heteroatoms. The van der Waals surface area contributed by atoms with Crippen LogP contribution in [0.2, 0.25) is 0 Å². The van der Waals surface area contributed by atoms with Crippen LogP contribution < -0.4 is 15.4 Å². The molecule has 0 aromatic heterocycles. The van der Waals surface area contributed by atoms with Gasteiger partial charge in [0, 0.05) is 12.6 Å². The molecule has 0 radical (unpaired) electrons. The summed E-state index contributed by atoms with van der Waals surface area (Å²) in [6.45, 7) is 9.04. The number of hydrogen-bond acceptors (Lipinski definition) is 3. The Bertz CT molecular complexity index is 885. The van der Waals surface area contributed by atoms with Crippen LogP contribution in [0.4, 0.5) is 0 Å². The molecule has 3 N–H and O–H groups in total. The Morgan fingerprint density at radius 3 is 2.13 bits per heavy atom. The van der Waals surface area contributed by atoms with E-state index in [4.69, 9.17) is 0 Å². The number of guanidine groups is 1. The molecule has 1 unspecified atom stereocenters. The topological polar surface area (TPSA) is 82.6 Å². The molecule has 0 bridgehead atoms. The zero-order valence-corrected chi connectivity index (χ0v) is 21.2. The number of aliphatic imine (C=N–C) groups is 1. The number of nitrogens with one attached hydrogen (secondary N) is 3. The maximum absolute atomic E-state index is 12.1. The third-order valence-corrected chi connectivity index (χ3v) is 5.76. The van der Waals surface area contributed by atoms with Crippen molar-refractivity contribution in [3.05, 3.63) is 71.3 Å². The summed E-state index contributed by atoms with van der Waals surface area (Å²) in [4.78, 5) is 4.66. The van der Waals surface area contributed by atoms with Gasteiger partial charge in [-0.25, -0.2) is 18.1 Å². The first-order chi connectivity index (χ1) is 13.8. The summed E-state index contributed by atoms with van der Waals surface area (Å²) >= 11 is 0. The van der Waals surface area contributed by atoms with Gasteiger partial charge in [0.2, 0.25) is 10.0 Å². The molecule has 0 spiro atoms. The maximum atomic E-state index is 12.1. The summed E-state index contributed by atoms with van der Waals surface area (Å²) in [5, 5.41) is 6.68. The van der Waals surface area contributed by atoms with Crippen molar-refractivity contribution in [2.75, 3.05) is 6.54 Å². The number of nitrogens with zero attached hydrogens (tertiary/aromatic N) is 1. The van der Waals surface area contributed by atoms with Crippen LogP contribution in [-0.2, 0) is 22.3 Å². The van der Waals surface area contributed by atoms with Gasteiger partial charge in [-0.2, -0.15) is 0 Å². The molecule has 166 valence electrons. The zero-order valence-electron chi connectivity index (χ0n) is 18.1. The molecular weight excluding hydrogens is 511 g/mol. The van der Waals surface area contributed by atoms with Crippen LogP contribution in [0, 0.1) is 0 Å². The summed E-state index contributed by atoms with van der Waals surface area (Å²) in [7, 11) is -3.32. The van der Waals surface area contributed by atoms with Crippen molar-refractivity contribution < 1.29 is 8.42 Å². The molecule has 0 saturated heterocycles. The lowest BCUT2D eigenvalue weighted by Gasteiger charge is -2.18. The lowest BCUT2D eigenvalue weighted by molar-refractivity contribution is 0.569. The van der Waals surface area contributed by atoms with Gasteiger partial charge in [-0.05, 0) is 44.4 Å². The van der Waals surface area contributed by atoms with Gasteiger partial charge in [0.1, 0.15) is 0 Å². The van der Waals surface area contributed by atoms with Crippen LogP contribution in [0.1, 0.15) is 50.4 Å². The predicted octanol–water partition coefficient (Wildman–Crippen LogP) is 3.95. The first kappa shape index (κ1) is 26.4. The van der Waals surface area contributed by atoms with Crippen molar-refractivity contribution in [1.82, 2.24) is 15.4 Å². The number of hydrogen-bond donors (Lipinski definition) is 3. The van der Waals surface area contributed by atoms with Gasteiger partial charge >= 0.3 is 0 Å². The molecule has 0 fully saturated rings. The van der Waals surface area contributed by atoms with Crippen molar-refractivity contribution in [2.24, 2.45) is 4.99 Å². The van der Waals surface area contributed by atoms with Gasteiger partial charge in [0.15, 0.2) is 5.96 Å². The maximum Gasteiger partial charge on any atom is 0.216 e. The Balaban J connectivity index is 0.00000450. The Morgan fingerprint density at radius 2 is 1.57 bits per heavy atom. The lowest BCUT2D eigenvalue weighted by Crippen LogP contribution is -2.38. The summed E-state index contributed by atoms with van der Waals surface area (Å²) in [5.41, 5.74) is 2.97. The molecule has 0 amide bonds. The molecule has 0 heterocycles. The minimum Gasteiger partial charge on any atom is -0.357 e. The molecule has 2 rings (SSSR count). The largest absolute Gasteiger partial charge is 0.357 e. The SMILES string of the molecule is CCNC(=NCc1ccc(CS(=O)(=O)NC(C)C)cc1)NC(C)c1ccccc1.I. The van der Waals surface area contributed by atoms with Gasteiger partial charge in [0.25, 0.3) is 0 Å². The first-order valence-electron chi connectivity index (χ1n) is 9.96. The van der Waals surface area contributed by atoms with Crippen molar-refractivity contribution in [3.8, 4) is 0 Å². The fourth-order valence-corrected chi connectivity index (χ4v) is 4.31. The fourth-order valence-electron chi connectivity index (χ4n) is 2.88. The van der Waals surface area contributed by atoms with Crippen LogP contribution >= 0.6 is 24.0 Å². The second kappa shape index (κ2) is 12.9. The highest BCUT2D eigenvalue weighted by atomic mass is 127. The Labute approximate surface area is 198 Å². The van der Waals surface area contributed by atoms with E-state index in [-0.39, 0.29) is 41.8 Å². The van der Waals surface area contributed by atoms with Gasteiger partial charge in [0.05, 0.1) is 18.3 Å². The monoisotopic (exact) mass is 544 g/mol. The van der Waals surface area contributed by atoms with Crippen LogP contribution in [-0.4, -0.2) is 27.0 Å². The smallest absolute Gasteiger partial charge is 0.216 e. The minimum absolute atomic E-state index is 0. The van der Waals surface area contributed by atoms with E-state index in [2.05, 4.69) is 39.4 Å². The second-order valence-corrected chi connectivity index (χ2v) is 9.07. The number of halogens is 1. The summed E-state index contributed by atoms with van der Waals surface area (Å²) in [6.07, 6.45) is 0. The Morgan fingerprint density at radius 1 is 0.967 bits per heavy atom. The minimum atomic E-state index is -3.32. The van der Waals surface area contributed by atoms with Crippen molar-refractivity contribution in [2.45, 2.75) is 52.1 Å². The van der Waals surface area contributed by atoms with Gasteiger partial charge in [-0.15, -0.1) is 24.0 Å². The van der Waals surface area contributed by atoms with Gasteiger partial charge in [-0.1, -0.05) is 54.6 Å². The molecule has 0 aliphatic heterocycles. The standard InChI is InChI=1S/C22H32N4O2S.HI/c1-5-23-22(25-18(4)21-9-7-6-8-10-21)24-15-19-11-13-20(14-12-19)16-29(27,28)26-17(2)3;/h6-14,17-18,26H,5,15-16H2,1-4H3,(H2,23,24,25);1H. The molecule has 0 aliphatic rings. The molecule has 1 atom stereocenters. The second-order valence-electron chi connectivity index (χ2n) is 7.32. The van der Waals surface area contributed by atoms with Crippen molar-refractivity contribution in [1.29, 1.82) is 0 Å². The Kier molecular flexibility index (Phi) is 11.4. The summed E-state index contributed by atoms with van der Waals surface area (Å²) in [5.74, 6) is 0.727. The molecule has 2 aromatic carbocycles. The van der Waals surface area contributed by atoms with E-state index < -0.39 is 10.0 Å². The average Bonchev–Trinajstić information content (AvgIpc) is 2.66. The van der Waals surface area contributed by atoms with Crippen molar-refractivity contribution in [3.63, 3.8) is 0 Å². The molecule has 30 heavy (non-hydrogen) atoms. The highest BCUT2D eigenvalue weighted by Crippen LogP contribution is 2.12. The molecule has 0 saturated carbocycles. The highest BCUT2D eigenvalue weighted by molar-refractivity contribution is 14.0. The Hall–Kier alpha value is -1.65. The lowest BCUT2D eigenvalue weighted by atomic mass is 10.1. The van der Waals surface area contributed by atoms with Crippen LogP contribution in [0.5, 0.6) is 0 Å².